The molecule has 10 heteroatoms. The molecule has 4 saturated heterocycles. The summed E-state index contributed by atoms with van der Waals surface area (Å²) in [5, 5.41) is 9.34. The van der Waals surface area contributed by atoms with Gasteiger partial charge in [0.2, 0.25) is 17.7 Å². The van der Waals surface area contributed by atoms with Crippen LogP contribution in [0.2, 0.25) is 0 Å². The quantitative estimate of drug-likeness (QED) is 0.273. The number of likely N-dealkylation sites (tertiary alicyclic amines) is 1. The van der Waals surface area contributed by atoms with Crippen molar-refractivity contribution < 1.29 is 29.0 Å². The Kier molecular flexibility index (Phi) is 9.05. The van der Waals surface area contributed by atoms with Crippen molar-refractivity contribution >= 4 is 17.7 Å². The molecule has 5 atom stereocenters. The van der Waals surface area contributed by atoms with Crippen LogP contribution < -0.4 is 0 Å². The Labute approximate surface area is 219 Å². The van der Waals surface area contributed by atoms with Gasteiger partial charge in [-0.15, -0.1) is 13.2 Å². The van der Waals surface area contributed by atoms with E-state index in [-0.39, 0.29) is 30.4 Å². The van der Waals surface area contributed by atoms with Crippen LogP contribution in [0, 0.1) is 11.8 Å². The molecule has 4 rings (SSSR count). The number of ether oxygens (including phenoxy) is 2. The van der Waals surface area contributed by atoms with E-state index in [2.05, 4.69) is 18.1 Å². The van der Waals surface area contributed by atoms with Gasteiger partial charge in [-0.25, -0.2) is 0 Å². The summed E-state index contributed by atoms with van der Waals surface area (Å²) in [4.78, 5) is 48.9. The monoisotopic (exact) mass is 518 g/mol. The molecule has 206 valence electrons. The molecule has 0 saturated carbocycles. The lowest BCUT2D eigenvalue weighted by Crippen LogP contribution is -2.57. The lowest BCUT2D eigenvalue weighted by molar-refractivity contribution is -0.148. The van der Waals surface area contributed by atoms with Crippen LogP contribution in [-0.2, 0) is 23.9 Å². The minimum atomic E-state index is -1.01. The fourth-order valence-corrected chi connectivity index (χ4v) is 6.59. The average Bonchev–Trinajstić information content (AvgIpc) is 3.54. The maximum absolute atomic E-state index is 14.2. The van der Waals surface area contributed by atoms with Crippen molar-refractivity contribution in [3.05, 3.63) is 25.3 Å². The maximum atomic E-state index is 14.2. The second-order valence-electron chi connectivity index (χ2n) is 10.6. The molecule has 1 N–H and O–H groups in total. The summed E-state index contributed by atoms with van der Waals surface area (Å²) >= 11 is 0. The third-order valence-electron chi connectivity index (χ3n) is 8.36. The van der Waals surface area contributed by atoms with E-state index in [1.807, 2.05) is 0 Å². The van der Waals surface area contributed by atoms with Crippen LogP contribution in [0.3, 0.4) is 0 Å². The number of nitrogens with zero attached hydrogens (tertiary/aromatic N) is 4. The summed E-state index contributed by atoms with van der Waals surface area (Å²) in [5.74, 6) is -1.76. The highest BCUT2D eigenvalue weighted by Gasteiger charge is 2.74. The zero-order valence-electron chi connectivity index (χ0n) is 22.1. The number of amides is 3. The first kappa shape index (κ1) is 27.8. The van der Waals surface area contributed by atoms with Crippen LogP contribution in [0.25, 0.3) is 0 Å². The normalized spacial score (nSPS) is 30.9. The van der Waals surface area contributed by atoms with Gasteiger partial charge in [-0.3, -0.25) is 19.3 Å². The molecule has 0 aromatic carbocycles. The molecule has 4 aliphatic heterocycles. The Morgan fingerprint density at radius 1 is 1.14 bits per heavy atom. The number of aliphatic hydroxyl groups is 1. The van der Waals surface area contributed by atoms with Gasteiger partial charge >= 0.3 is 0 Å². The van der Waals surface area contributed by atoms with Gasteiger partial charge in [-0.2, -0.15) is 0 Å². The van der Waals surface area contributed by atoms with Crippen molar-refractivity contribution in [3.63, 3.8) is 0 Å². The largest absolute Gasteiger partial charge is 0.396 e. The van der Waals surface area contributed by atoms with Gasteiger partial charge in [0.25, 0.3) is 0 Å². The number of unbranched alkanes of at least 4 members (excludes halogenated alkanes) is 1. The second-order valence-corrected chi connectivity index (χ2v) is 10.6. The Hall–Kier alpha value is -2.27. The molecule has 0 aromatic heterocycles. The smallest absolute Gasteiger partial charge is 0.248 e. The van der Waals surface area contributed by atoms with Crippen LogP contribution in [-0.4, -0.2) is 133 Å². The first-order chi connectivity index (χ1) is 17.9. The van der Waals surface area contributed by atoms with Gasteiger partial charge in [0.1, 0.15) is 11.6 Å². The van der Waals surface area contributed by atoms with Crippen molar-refractivity contribution in [3.8, 4) is 0 Å². The Morgan fingerprint density at radius 3 is 2.54 bits per heavy atom. The van der Waals surface area contributed by atoms with Gasteiger partial charge in [0.05, 0.1) is 31.2 Å². The summed E-state index contributed by atoms with van der Waals surface area (Å²) in [5.41, 5.74) is -1.01. The summed E-state index contributed by atoms with van der Waals surface area (Å²) in [6, 6.07) is -0.791. The van der Waals surface area contributed by atoms with Gasteiger partial charge < -0.3 is 29.3 Å². The molecule has 4 heterocycles. The van der Waals surface area contributed by atoms with Crippen molar-refractivity contribution in [1.82, 2.24) is 19.6 Å². The number of likely N-dealkylation sites (N-methyl/N-ethyl adjacent to an activating group) is 1. The standard InChI is InChI=1S/C27H42N4O6/c1-4-10-28(3)24(33)21-20-8-9-27(37-20)22(21)25(34)31(12-6-7-17-32)23(27)26(35)30(11-5-2)14-13-29-15-18-36-19-16-29/h4-5,20-23,32H,1-2,6-19H2,3H3/t20-,21+,22-,23?,27?/m0/s1. The van der Waals surface area contributed by atoms with E-state index in [1.165, 1.54) is 0 Å². The number of fused-ring (bicyclic) bond motifs is 1. The van der Waals surface area contributed by atoms with Crippen molar-refractivity contribution in [1.29, 1.82) is 0 Å². The molecule has 37 heavy (non-hydrogen) atoms. The SMILES string of the molecule is C=CCN(C)C(=O)[C@@H]1[C@@H]2CCC3(O2)C(C(=O)N(CC=C)CCN2CCOCC2)N(CCCCO)C(=O)[C@H]13. The maximum Gasteiger partial charge on any atom is 0.248 e. The number of morpholine rings is 1. The third-order valence-corrected chi connectivity index (χ3v) is 8.36. The molecule has 0 aromatic rings. The van der Waals surface area contributed by atoms with Crippen LogP contribution in [0.1, 0.15) is 25.7 Å². The van der Waals surface area contributed by atoms with E-state index < -0.39 is 23.5 Å². The van der Waals surface area contributed by atoms with E-state index in [1.54, 1.807) is 33.9 Å². The van der Waals surface area contributed by atoms with Crippen LogP contribution in [0.15, 0.2) is 25.3 Å². The molecule has 3 amide bonds. The fourth-order valence-electron chi connectivity index (χ4n) is 6.59. The van der Waals surface area contributed by atoms with E-state index in [9.17, 15) is 19.5 Å². The van der Waals surface area contributed by atoms with E-state index in [0.717, 1.165) is 13.1 Å². The highest BCUT2D eigenvalue weighted by Crippen LogP contribution is 2.58. The van der Waals surface area contributed by atoms with Crippen molar-refractivity contribution in [2.75, 3.05) is 72.7 Å². The first-order valence-corrected chi connectivity index (χ1v) is 13.5. The molecule has 0 aliphatic carbocycles. The van der Waals surface area contributed by atoms with E-state index in [4.69, 9.17) is 9.47 Å². The summed E-state index contributed by atoms with van der Waals surface area (Å²) in [7, 11) is 1.71. The lowest BCUT2D eigenvalue weighted by Gasteiger charge is -2.37. The molecular formula is C27H42N4O6. The van der Waals surface area contributed by atoms with Gasteiger partial charge in [0, 0.05) is 59.5 Å². The molecule has 2 bridgehead atoms. The zero-order chi connectivity index (χ0) is 26.6. The minimum Gasteiger partial charge on any atom is -0.396 e. The number of carbonyl (C=O) groups excluding carboxylic acids is 3. The summed E-state index contributed by atoms with van der Waals surface area (Å²) in [6.45, 7) is 12.9. The molecule has 2 unspecified atom stereocenters. The minimum absolute atomic E-state index is 0.0172. The Bertz CT molecular complexity index is 877. The van der Waals surface area contributed by atoms with Crippen LogP contribution in [0.4, 0.5) is 0 Å². The zero-order valence-corrected chi connectivity index (χ0v) is 22.1. The first-order valence-electron chi connectivity index (χ1n) is 13.5. The summed E-state index contributed by atoms with van der Waals surface area (Å²) < 4.78 is 12.0. The molecule has 0 radical (unpaired) electrons. The van der Waals surface area contributed by atoms with Crippen molar-refractivity contribution in [2.24, 2.45) is 11.8 Å². The Balaban J connectivity index is 1.61. The predicted molar refractivity (Wildman–Crippen MR) is 138 cm³/mol. The molecule has 4 aliphatic rings. The van der Waals surface area contributed by atoms with Gasteiger partial charge in [-0.05, 0) is 25.7 Å². The highest BCUT2D eigenvalue weighted by molar-refractivity contribution is 5.99. The average molecular weight is 519 g/mol. The van der Waals surface area contributed by atoms with Crippen LogP contribution >= 0.6 is 0 Å². The van der Waals surface area contributed by atoms with Gasteiger partial charge in [0.15, 0.2) is 0 Å². The predicted octanol–water partition coefficient (Wildman–Crippen LogP) is 0.125. The number of carbonyl (C=O) groups is 3. The number of aliphatic hydroxyl groups excluding tert-OH is 1. The van der Waals surface area contributed by atoms with E-state index in [0.29, 0.717) is 71.6 Å². The molecular weight excluding hydrogens is 476 g/mol. The second kappa shape index (κ2) is 12.1. The van der Waals surface area contributed by atoms with Crippen LogP contribution in [0.5, 0.6) is 0 Å². The van der Waals surface area contributed by atoms with Crippen molar-refractivity contribution in [2.45, 2.75) is 43.4 Å². The number of rotatable bonds is 13. The topological polar surface area (TPSA) is 103 Å². The fraction of sp³-hybridized carbons (Fsp3) is 0.741. The van der Waals surface area contributed by atoms with E-state index >= 15 is 0 Å². The lowest BCUT2D eigenvalue weighted by atomic mass is 9.70. The number of hydrogen-bond acceptors (Lipinski definition) is 7. The summed E-state index contributed by atoms with van der Waals surface area (Å²) in [6.07, 6.45) is 5.32. The van der Waals surface area contributed by atoms with Gasteiger partial charge in [-0.1, -0.05) is 12.2 Å². The Morgan fingerprint density at radius 2 is 1.86 bits per heavy atom. The molecule has 4 fully saturated rings. The molecule has 10 nitrogen and oxygen atoms in total. The number of hydrogen-bond donors (Lipinski definition) is 1. The third kappa shape index (κ3) is 5.21. The molecule has 1 spiro atoms. The highest BCUT2D eigenvalue weighted by atomic mass is 16.5.